The van der Waals surface area contributed by atoms with E-state index in [1.165, 1.54) is 11.1 Å². The first kappa shape index (κ1) is 23.0. The van der Waals surface area contributed by atoms with Crippen LogP contribution in [0.25, 0.3) is 5.69 Å². The van der Waals surface area contributed by atoms with Crippen LogP contribution in [0.4, 0.5) is 0 Å². The monoisotopic (exact) mass is 462 g/mol. The second-order valence-electron chi connectivity index (χ2n) is 8.44. The van der Waals surface area contributed by atoms with Gasteiger partial charge in [-0.25, -0.2) is 0 Å². The second kappa shape index (κ2) is 9.35. The molecule has 1 saturated heterocycles. The zero-order valence-electron chi connectivity index (χ0n) is 19.8. The zero-order valence-corrected chi connectivity index (χ0v) is 20.6. The molecular weight excluding hydrogens is 432 g/mol. The van der Waals surface area contributed by atoms with Crippen molar-refractivity contribution in [1.29, 1.82) is 0 Å². The molecule has 2 aromatic heterocycles. The predicted molar refractivity (Wildman–Crippen MR) is 134 cm³/mol. The number of carbonyl (C=O) groups is 1. The van der Waals surface area contributed by atoms with Gasteiger partial charge in [0.2, 0.25) is 0 Å². The van der Waals surface area contributed by atoms with Crippen molar-refractivity contribution < 1.29 is 9.53 Å². The van der Waals surface area contributed by atoms with Gasteiger partial charge in [-0.05, 0) is 87.8 Å². The highest BCUT2D eigenvalue weighted by molar-refractivity contribution is 7.80. The molecule has 6 nitrogen and oxygen atoms in total. The summed E-state index contributed by atoms with van der Waals surface area (Å²) in [6.07, 6.45) is 1.78. The number of esters is 1. The third-order valence-electron chi connectivity index (χ3n) is 6.41. The van der Waals surface area contributed by atoms with Gasteiger partial charge in [0.1, 0.15) is 6.54 Å². The Morgan fingerprint density at radius 2 is 1.94 bits per heavy atom. The summed E-state index contributed by atoms with van der Waals surface area (Å²) in [4.78, 5) is 19.0. The molecule has 0 saturated carbocycles. The average Bonchev–Trinajstić information content (AvgIpc) is 3.26. The highest BCUT2D eigenvalue weighted by Crippen LogP contribution is 2.41. The number of hydrogen-bond donors (Lipinski definition) is 1. The molecule has 1 aliphatic heterocycles. The van der Waals surface area contributed by atoms with Gasteiger partial charge in [-0.15, -0.1) is 0 Å². The number of ether oxygens (including phenoxy) is 1. The van der Waals surface area contributed by atoms with Crippen molar-refractivity contribution in [2.24, 2.45) is 0 Å². The van der Waals surface area contributed by atoms with E-state index in [0.29, 0.717) is 11.7 Å². The Balaban J connectivity index is 1.84. The maximum atomic E-state index is 12.5. The van der Waals surface area contributed by atoms with Crippen LogP contribution >= 0.6 is 12.2 Å². The lowest BCUT2D eigenvalue weighted by Gasteiger charge is -2.27. The largest absolute Gasteiger partial charge is 0.465 e. The van der Waals surface area contributed by atoms with Crippen LogP contribution in [0.1, 0.15) is 52.8 Å². The van der Waals surface area contributed by atoms with Gasteiger partial charge < -0.3 is 19.5 Å². The number of carbonyl (C=O) groups excluding carboxylic acids is 1. The average molecular weight is 463 g/mol. The zero-order chi connectivity index (χ0) is 23.7. The maximum absolute atomic E-state index is 12.5. The molecule has 0 aliphatic carbocycles. The van der Waals surface area contributed by atoms with Crippen molar-refractivity contribution in [3.63, 3.8) is 0 Å². The number of nitrogens with zero attached hydrogens (tertiary/aromatic N) is 3. The van der Waals surface area contributed by atoms with E-state index >= 15 is 0 Å². The SMILES string of the molecule is CCOC(=O)CN1C(=S)N[C@H](c2ccccn2)[C@H]1c1cc(C)n(-c2cccc(C)c2C)c1C. The molecule has 0 bridgehead atoms. The van der Waals surface area contributed by atoms with Gasteiger partial charge in [-0.2, -0.15) is 0 Å². The molecule has 1 aromatic carbocycles. The van der Waals surface area contributed by atoms with Gasteiger partial charge in [0.15, 0.2) is 5.11 Å². The van der Waals surface area contributed by atoms with Crippen molar-refractivity contribution in [3.8, 4) is 5.69 Å². The lowest BCUT2D eigenvalue weighted by atomic mass is 9.96. The number of benzene rings is 1. The van der Waals surface area contributed by atoms with Crippen LogP contribution in [-0.2, 0) is 9.53 Å². The lowest BCUT2D eigenvalue weighted by Crippen LogP contribution is -2.35. The van der Waals surface area contributed by atoms with Gasteiger partial charge in [-0.3, -0.25) is 9.78 Å². The van der Waals surface area contributed by atoms with Crippen molar-refractivity contribution in [2.75, 3.05) is 13.2 Å². The van der Waals surface area contributed by atoms with Gasteiger partial charge in [-0.1, -0.05) is 18.2 Å². The molecule has 0 amide bonds. The van der Waals surface area contributed by atoms with E-state index in [1.807, 2.05) is 30.0 Å². The van der Waals surface area contributed by atoms with Crippen LogP contribution < -0.4 is 5.32 Å². The van der Waals surface area contributed by atoms with Gasteiger partial charge in [0, 0.05) is 23.3 Å². The van der Waals surface area contributed by atoms with Crippen molar-refractivity contribution in [3.05, 3.63) is 82.4 Å². The minimum atomic E-state index is -0.295. The summed E-state index contributed by atoms with van der Waals surface area (Å²) >= 11 is 5.68. The summed E-state index contributed by atoms with van der Waals surface area (Å²) in [5.41, 5.74) is 7.90. The molecule has 0 unspecified atom stereocenters. The van der Waals surface area contributed by atoms with Gasteiger partial charge in [0.05, 0.1) is 24.4 Å². The van der Waals surface area contributed by atoms with Crippen molar-refractivity contribution in [1.82, 2.24) is 19.8 Å². The Morgan fingerprint density at radius 3 is 2.64 bits per heavy atom. The minimum Gasteiger partial charge on any atom is -0.465 e. The minimum absolute atomic E-state index is 0.0841. The van der Waals surface area contributed by atoms with Crippen LogP contribution in [0.2, 0.25) is 0 Å². The molecule has 172 valence electrons. The van der Waals surface area contributed by atoms with E-state index in [0.717, 1.165) is 28.3 Å². The standard InChI is InChI=1S/C26H30N4O2S/c1-6-32-23(31)15-29-25(24(28-26(29)33)21-11-7-8-13-27-21)20-14-17(3)30(19(20)5)22-12-9-10-16(2)18(22)4/h7-14,24-25H,6,15H2,1-5H3,(H,28,33)/t24-,25-/m1/s1. The third kappa shape index (κ3) is 4.25. The quantitative estimate of drug-likeness (QED) is 0.425. The molecule has 1 fully saturated rings. The van der Waals surface area contributed by atoms with Crippen LogP contribution in [0.15, 0.2) is 48.7 Å². The van der Waals surface area contributed by atoms with E-state index in [-0.39, 0.29) is 24.6 Å². The molecule has 4 rings (SSSR count). The van der Waals surface area contributed by atoms with Crippen LogP contribution in [0.3, 0.4) is 0 Å². The van der Waals surface area contributed by atoms with Crippen molar-refractivity contribution in [2.45, 2.75) is 46.7 Å². The third-order valence-corrected chi connectivity index (χ3v) is 6.76. The fourth-order valence-corrected chi connectivity index (χ4v) is 5.00. The number of thiocarbonyl (C=S) groups is 1. The maximum Gasteiger partial charge on any atom is 0.325 e. The summed E-state index contributed by atoms with van der Waals surface area (Å²) in [6, 6.07) is 14.1. The van der Waals surface area contributed by atoms with E-state index < -0.39 is 0 Å². The number of nitrogens with one attached hydrogen (secondary N) is 1. The Kier molecular flexibility index (Phi) is 6.51. The molecule has 7 heteroatoms. The first-order chi connectivity index (χ1) is 15.8. The van der Waals surface area contributed by atoms with Crippen LogP contribution in [-0.4, -0.2) is 38.7 Å². The molecule has 1 aliphatic rings. The highest BCUT2D eigenvalue weighted by Gasteiger charge is 2.42. The van der Waals surface area contributed by atoms with E-state index in [2.05, 4.69) is 66.8 Å². The van der Waals surface area contributed by atoms with E-state index in [1.54, 1.807) is 6.20 Å². The number of hydrogen-bond acceptors (Lipinski definition) is 4. The van der Waals surface area contributed by atoms with Crippen LogP contribution in [0, 0.1) is 27.7 Å². The first-order valence-corrected chi connectivity index (χ1v) is 11.6. The Labute approximate surface area is 200 Å². The fourth-order valence-electron chi connectivity index (χ4n) is 4.70. The summed E-state index contributed by atoms with van der Waals surface area (Å²) < 4.78 is 7.53. The molecule has 0 radical (unpaired) electrons. The molecule has 1 N–H and O–H groups in total. The molecular formula is C26H30N4O2S. The Morgan fingerprint density at radius 1 is 1.15 bits per heavy atom. The summed E-state index contributed by atoms with van der Waals surface area (Å²) in [5, 5.41) is 3.94. The summed E-state index contributed by atoms with van der Waals surface area (Å²) in [5.74, 6) is -0.295. The molecule has 0 spiro atoms. The number of rotatable bonds is 6. The number of aryl methyl sites for hydroxylation is 2. The number of aromatic nitrogens is 2. The van der Waals surface area contributed by atoms with E-state index in [9.17, 15) is 4.79 Å². The van der Waals surface area contributed by atoms with Gasteiger partial charge >= 0.3 is 5.97 Å². The molecule has 2 atom stereocenters. The van der Waals surface area contributed by atoms with Crippen LogP contribution in [0.5, 0.6) is 0 Å². The number of pyridine rings is 1. The summed E-state index contributed by atoms with van der Waals surface area (Å²) in [7, 11) is 0. The second-order valence-corrected chi connectivity index (χ2v) is 8.83. The Hall–Kier alpha value is -3.19. The molecule has 3 aromatic rings. The van der Waals surface area contributed by atoms with Crippen molar-refractivity contribution >= 4 is 23.3 Å². The Bertz CT molecular complexity index is 1190. The molecule has 33 heavy (non-hydrogen) atoms. The topological polar surface area (TPSA) is 59.4 Å². The predicted octanol–water partition coefficient (Wildman–Crippen LogP) is 4.64. The highest BCUT2D eigenvalue weighted by atomic mass is 32.1. The first-order valence-electron chi connectivity index (χ1n) is 11.2. The lowest BCUT2D eigenvalue weighted by molar-refractivity contribution is -0.143. The molecule has 3 heterocycles. The summed E-state index contributed by atoms with van der Waals surface area (Å²) in [6.45, 7) is 10.8. The van der Waals surface area contributed by atoms with Gasteiger partial charge in [0.25, 0.3) is 0 Å². The fraction of sp³-hybridized carbons (Fsp3) is 0.346. The normalized spacial score (nSPS) is 17.8. The van der Waals surface area contributed by atoms with E-state index in [4.69, 9.17) is 17.0 Å². The smallest absolute Gasteiger partial charge is 0.325 e.